The molecule has 0 aliphatic heterocycles. The van der Waals surface area contributed by atoms with Gasteiger partial charge in [0.15, 0.2) is 5.82 Å². The maximum Gasteiger partial charge on any atom is 0.242 e. The van der Waals surface area contributed by atoms with E-state index in [-0.39, 0.29) is 22.5 Å². The first kappa shape index (κ1) is 14.7. The second kappa shape index (κ2) is 5.49. The van der Waals surface area contributed by atoms with Crippen LogP contribution in [0.2, 0.25) is 10.0 Å². The summed E-state index contributed by atoms with van der Waals surface area (Å²) in [6, 6.07) is 1.90. The Morgan fingerprint density at radius 3 is 2.59 bits per heavy atom. The third-order valence-corrected chi connectivity index (χ3v) is 4.12. The van der Waals surface area contributed by atoms with Crippen molar-refractivity contribution >= 4 is 33.2 Å². The van der Waals surface area contributed by atoms with Crippen molar-refractivity contribution in [2.45, 2.75) is 17.9 Å². The van der Waals surface area contributed by atoms with Crippen molar-refractivity contribution in [1.29, 1.82) is 0 Å². The second-order valence-electron chi connectivity index (χ2n) is 3.50. The van der Waals surface area contributed by atoms with Crippen LogP contribution in [-0.2, 0) is 10.0 Å². The topological polar surface area (TPSA) is 72.2 Å². The van der Waals surface area contributed by atoms with Crippen LogP contribution in [0.15, 0.2) is 17.0 Å². The highest BCUT2D eigenvalue weighted by atomic mass is 35.5. The van der Waals surface area contributed by atoms with Crippen LogP contribution >= 0.6 is 23.2 Å². The van der Waals surface area contributed by atoms with Crippen LogP contribution in [0, 0.1) is 5.82 Å². The lowest BCUT2D eigenvalue weighted by Gasteiger charge is -2.10. The van der Waals surface area contributed by atoms with E-state index in [1.807, 2.05) is 0 Å². The van der Waals surface area contributed by atoms with Crippen molar-refractivity contribution in [3.63, 3.8) is 0 Å². The van der Waals surface area contributed by atoms with Crippen LogP contribution in [0.3, 0.4) is 0 Å². The minimum atomic E-state index is -3.89. The van der Waals surface area contributed by atoms with Gasteiger partial charge in [0.2, 0.25) is 10.0 Å². The fourth-order valence-electron chi connectivity index (χ4n) is 1.03. The molecule has 1 aromatic carbocycles. The molecule has 96 valence electrons. The van der Waals surface area contributed by atoms with E-state index in [0.29, 0.717) is 0 Å². The lowest BCUT2D eigenvalue weighted by molar-refractivity contribution is 0.571. The highest BCUT2D eigenvalue weighted by Gasteiger charge is 2.21. The fraction of sp³-hybridized carbons (Fsp3) is 0.333. The van der Waals surface area contributed by atoms with Gasteiger partial charge in [0.25, 0.3) is 0 Å². The lowest BCUT2D eigenvalue weighted by Crippen LogP contribution is -2.35. The van der Waals surface area contributed by atoms with Gasteiger partial charge in [-0.1, -0.05) is 23.2 Å². The number of hydrogen-bond donors (Lipinski definition) is 2. The summed E-state index contributed by atoms with van der Waals surface area (Å²) in [5.41, 5.74) is 5.41. The van der Waals surface area contributed by atoms with Crippen LogP contribution < -0.4 is 10.5 Å². The van der Waals surface area contributed by atoms with Gasteiger partial charge in [-0.25, -0.2) is 17.5 Å². The van der Waals surface area contributed by atoms with Gasteiger partial charge in [-0.3, -0.25) is 0 Å². The highest BCUT2D eigenvalue weighted by Crippen LogP contribution is 2.29. The molecule has 0 fully saturated rings. The maximum absolute atomic E-state index is 13.3. The summed E-state index contributed by atoms with van der Waals surface area (Å²) in [7, 11) is -3.89. The molecule has 0 amide bonds. The van der Waals surface area contributed by atoms with E-state index >= 15 is 0 Å². The Balaban J connectivity index is 3.12. The molecule has 0 saturated carbocycles. The third kappa shape index (κ3) is 3.53. The van der Waals surface area contributed by atoms with Crippen LogP contribution in [0.4, 0.5) is 4.39 Å². The van der Waals surface area contributed by atoms with Crippen molar-refractivity contribution in [1.82, 2.24) is 4.72 Å². The monoisotopic (exact) mass is 300 g/mol. The van der Waals surface area contributed by atoms with E-state index in [9.17, 15) is 12.8 Å². The van der Waals surface area contributed by atoms with Gasteiger partial charge in [-0.2, -0.15) is 0 Å². The summed E-state index contributed by atoms with van der Waals surface area (Å²) in [5.74, 6) is -0.961. The first-order valence-corrected chi connectivity index (χ1v) is 6.88. The molecule has 0 heterocycles. The van der Waals surface area contributed by atoms with Gasteiger partial charge >= 0.3 is 0 Å². The first-order chi connectivity index (χ1) is 7.75. The number of halogens is 3. The third-order valence-electron chi connectivity index (χ3n) is 1.88. The molecule has 0 bridgehead atoms. The largest absolute Gasteiger partial charge is 0.327 e. The number of sulfonamides is 1. The van der Waals surface area contributed by atoms with E-state index in [0.717, 1.165) is 12.1 Å². The molecule has 17 heavy (non-hydrogen) atoms. The fourth-order valence-corrected chi connectivity index (χ4v) is 2.92. The summed E-state index contributed by atoms with van der Waals surface area (Å²) in [4.78, 5) is -0.360. The normalized spacial score (nSPS) is 13.7. The maximum atomic E-state index is 13.3. The molecule has 3 N–H and O–H groups in total. The molecule has 0 aromatic heterocycles. The summed E-state index contributed by atoms with van der Waals surface area (Å²) in [6.07, 6.45) is 0. The van der Waals surface area contributed by atoms with Gasteiger partial charge in [-0.15, -0.1) is 0 Å². The Morgan fingerprint density at radius 2 is 2.06 bits per heavy atom. The minimum Gasteiger partial charge on any atom is -0.327 e. The molecule has 8 heteroatoms. The van der Waals surface area contributed by atoms with Gasteiger partial charge in [0.05, 0.1) is 10.0 Å². The highest BCUT2D eigenvalue weighted by molar-refractivity contribution is 7.89. The number of nitrogens with one attached hydrogen (secondary N) is 1. The molecule has 0 radical (unpaired) electrons. The van der Waals surface area contributed by atoms with Crippen molar-refractivity contribution in [2.75, 3.05) is 6.54 Å². The summed E-state index contributed by atoms with van der Waals surface area (Å²) < 4.78 is 39.1. The Kier molecular flexibility index (Phi) is 4.74. The molecule has 0 saturated heterocycles. The Hall–Kier alpha value is -0.400. The molecular formula is C9H11Cl2FN2O2S. The number of rotatable bonds is 4. The molecular weight excluding hydrogens is 290 g/mol. The van der Waals surface area contributed by atoms with Crippen LogP contribution in [0.1, 0.15) is 6.92 Å². The molecule has 1 unspecified atom stereocenters. The molecule has 1 rings (SSSR count). The number of hydrogen-bond acceptors (Lipinski definition) is 3. The summed E-state index contributed by atoms with van der Waals surface area (Å²) >= 11 is 11.1. The van der Waals surface area contributed by atoms with Gasteiger partial charge in [0, 0.05) is 12.6 Å². The van der Waals surface area contributed by atoms with E-state index in [4.69, 9.17) is 28.9 Å². The van der Waals surface area contributed by atoms with E-state index < -0.39 is 20.9 Å². The smallest absolute Gasteiger partial charge is 0.242 e. The SMILES string of the molecule is CC(N)CNS(=O)(=O)c1ccc(Cl)c(F)c1Cl. The van der Waals surface area contributed by atoms with Crippen molar-refractivity contribution in [3.8, 4) is 0 Å². The first-order valence-electron chi connectivity index (χ1n) is 4.64. The van der Waals surface area contributed by atoms with Gasteiger partial charge in [-0.05, 0) is 19.1 Å². The quantitative estimate of drug-likeness (QED) is 0.832. The lowest BCUT2D eigenvalue weighted by atomic mass is 10.3. The number of benzene rings is 1. The Labute approximate surface area is 109 Å². The van der Waals surface area contributed by atoms with Gasteiger partial charge in [0.1, 0.15) is 4.90 Å². The van der Waals surface area contributed by atoms with Crippen molar-refractivity contribution < 1.29 is 12.8 Å². The summed E-state index contributed by atoms with van der Waals surface area (Å²) in [6.45, 7) is 1.66. The zero-order chi connectivity index (χ0) is 13.2. The van der Waals surface area contributed by atoms with Crippen molar-refractivity contribution in [3.05, 3.63) is 28.0 Å². The predicted octanol–water partition coefficient (Wildman–Crippen LogP) is 1.76. The Bertz CT molecular complexity index is 520. The van der Waals surface area contributed by atoms with Crippen LogP contribution in [-0.4, -0.2) is 21.0 Å². The predicted molar refractivity (Wildman–Crippen MR) is 65.3 cm³/mol. The zero-order valence-corrected chi connectivity index (χ0v) is 11.2. The van der Waals surface area contributed by atoms with Crippen LogP contribution in [0.5, 0.6) is 0 Å². The van der Waals surface area contributed by atoms with Crippen LogP contribution in [0.25, 0.3) is 0 Å². The molecule has 0 aliphatic carbocycles. The molecule has 1 atom stereocenters. The van der Waals surface area contributed by atoms with Crippen molar-refractivity contribution in [2.24, 2.45) is 5.73 Å². The molecule has 0 aliphatic rings. The van der Waals surface area contributed by atoms with Gasteiger partial charge < -0.3 is 5.73 Å². The molecule has 4 nitrogen and oxygen atoms in total. The minimum absolute atomic E-state index is 0.0307. The second-order valence-corrected chi connectivity index (χ2v) is 6.02. The summed E-state index contributed by atoms with van der Waals surface area (Å²) in [5, 5.41) is -0.768. The zero-order valence-electron chi connectivity index (χ0n) is 8.88. The van der Waals surface area contributed by atoms with E-state index in [1.54, 1.807) is 6.92 Å². The average molecular weight is 301 g/mol. The standard InChI is InChI=1S/C9H11Cl2FN2O2S/c1-5(13)4-14-17(15,16)7-3-2-6(10)9(12)8(7)11/h2-3,5,14H,4,13H2,1H3. The molecule has 1 aromatic rings. The average Bonchev–Trinajstić information content (AvgIpc) is 2.23. The van der Waals surface area contributed by atoms with E-state index in [2.05, 4.69) is 4.72 Å². The number of nitrogens with two attached hydrogens (primary N) is 1. The van der Waals surface area contributed by atoms with E-state index in [1.165, 1.54) is 0 Å². The Morgan fingerprint density at radius 1 is 1.47 bits per heavy atom. The molecule has 0 spiro atoms.